The quantitative estimate of drug-likeness (QED) is 0.478. The molecular weight excluding hydrogens is 224 g/mol. The first-order chi connectivity index (χ1) is 7.97. The molecule has 6 heteroatoms. The highest BCUT2D eigenvalue weighted by Gasteiger charge is 2.22. The van der Waals surface area contributed by atoms with Gasteiger partial charge in [-0.2, -0.15) is 0 Å². The smallest absolute Gasteiger partial charge is 0.322 e. The lowest BCUT2D eigenvalue weighted by atomic mass is 9.99. The second-order valence-electron chi connectivity index (χ2n) is 3.66. The van der Waals surface area contributed by atoms with Crippen molar-refractivity contribution < 1.29 is 14.5 Å². The van der Waals surface area contributed by atoms with E-state index in [9.17, 15) is 14.9 Å². The van der Waals surface area contributed by atoms with Gasteiger partial charge in [-0.1, -0.05) is 12.1 Å². The third-order valence-corrected chi connectivity index (χ3v) is 2.51. The van der Waals surface area contributed by atoms with E-state index in [1.807, 2.05) is 0 Å². The molecule has 2 N–H and O–H groups in total. The van der Waals surface area contributed by atoms with Crippen LogP contribution >= 0.6 is 0 Å². The van der Waals surface area contributed by atoms with Crippen molar-refractivity contribution in [3.8, 4) is 0 Å². The first-order valence-electron chi connectivity index (χ1n) is 5.03. The van der Waals surface area contributed by atoms with Gasteiger partial charge in [0, 0.05) is 18.1 Å². The van der Waals surface area contributed by atoms with Crippen molar-refractivity contribution in [2.45, 2.75) is 19.4 Å². The van der Waals surface area contributed by atoms with E-state index in [-0.39, 0.29) is 12.1 Å². The Morgan fingerprint density at radius 2 is 2.24 bits per heavy atom. The molecule has 1 aromatic carbocycles. The van der Waals surface area contributed by atoms with Crippen LogP contribution in [0, 0.1) is 17.0 Å². The molecular formula is C11H14N2O4. The van der Waals surface area contributed by atoms with E-state index < -0.39 is 16.9 Å². The fraction of sp³-hybridized carbons (Fsp3) is 0.364. The van der Waals surface area contributed by atoms with Crippen molar-refractivity contribution >= 4 is 11.7 Å². The number of nitrogens with zero attached hydrogens (tertiary/aromatic N) is 1. The van der Waals surface area contributed by atoms with Crippen LogP contribution in [0.15, 0.2) is 18.2 Å². The summed E-state index contributed by atoms with van der Waals surface area (Å²) in [7, 11) is 1.23. The number of carbonyl (C=O) groups excluding carboxylic acids is 1. The molecule has 0 radical (unpaired) electrons. The van der Waals surface area contributed by atoms with Crippen LogP contribution in [0.3, 0.4) is 0 Å². The number of rotatable bonds is 4. The Morgan fingerprint density at radius 1 is 1.59 bits per heavy atom. The zero-order valence-electron chi connectivity index (χ0n) is 9.67. The van der Waals surface area contributed by atoms with Gasteiger partial charge in [0.25, 0.3) is 5.69 Å². The molecule has 0 fully saturated rings. The highest BCUT2D eigenvalue weighted by atomic mass is 16.6. The maximum absolute atomic E-state index is 11.2. The largest absolute Gasteiger partial charge is 0.468 e. The van der Waals surface area contributed by atoms with Crippen LogP contribution in [-0.4, -0.2) is 24.0 Å². The minimum absolute atomic E-state index is 0.0237. The van der Waals surface area contributed by atoms with E-state index in [0.29, 0.717) is 5.56 Å². The van der Waals surface area contributed by atoms with E-state index in [4.69, 9.17) is 5.73 Å². The molecule has 0 saturated carbocycles. The first-order valence-corrected chi connectivity index (χ1v) is 5.03. The molecule has 0 spiro atoms. The number of aryl methyl sites for hydroxylation is 1. The standard InChI is InChI=1S/C11H14N2O4/c1-7-4-3-5-10(13(15)16)8(7)6-9(12)11(14)17-2/h3-5,9H,6,12H2,1-2H3/t9-/m1/s1. The summed E-state index contributed by atoms with van der Waals surface area (Å²) < 4.78 is 4.49. The molecule has 1 aromatic rings. The second kappa shape index (κ2) is 5.40. The lowest BCUT2D eigenvalue weighted by Gasteiger charge is -2.11. The van der Waals surface area contributed by atoms with Gasteiger partial charge in [0.05, 0.1) is 12.0 Å². The van der Waals surface area contributed by atoms with E-state index in [0.717, 1.165) is 5.56 Å². The molecule has 1 rings (SSSR count). The zero-order valence-corrected chi connectivity index (χ0v) is 9.67. The first kappa shape index (κ1) is 13.1. The SMILES string of the molecule is COC(=O)[C@H](N)Cc1c(C)cccc1[N+](=O)[O-]. The number of nitro groups is 1. The minimum atomic E-state index is -0.889. The molecule has 0 saturated heterocycles. The number of hydrogen-bond donors (Lipinski definition) is 1. The fourth-order valence-corrected chi connectivity index (χ4v) is 1.58. The number of methoxy groups -OCH3 is 1. The average molecular weight is 238 g/mol. The molecule has 0 heterocycles. The van der Waals surface area contributed by atoms with E-state index in [1.165, 1.54) is 13.2 Å². The van der Waals surface area contributed by atoms with Gasteiger partial charge in [0.2, 0.25) is 0 Å². The average Bonchev–Trinajstić information content (AvgIpc) is 2.30. The number of benzene rings is 1. The second-order valence-corrected chi connectivity index (χ2v) is 3.66. The van der Waals surface area contributed by atoms with E-state index >= 15 is 0 Å². The van der Waals surface area contributed by atoms with Gasteiger partial charge in [0.1, 0.15) is 6.04 Å². The Bertz CT molecular complexity index is 445. The van der Waals surface area contributed by atoms with Crippen molar-refractivity contribution in [2.75, 3.05) is 7.11 Å². The lowest BCUT2D eigenvalue weighted by Crippen LogP contribution is -2.34. The van der Waals surface area contributed by atoms with Crippen LogP contribution in [0.5, 0.6) is 0 Å². The summed E-state index contributed by atoms with van der Waals surface area (Å²) in [5.41, 5.74) is 6.78. The highest BCUT2D eigenvalue weighted by Crippen LogP contribution is 2.23. The van der Waals surface area contributed by atoms with Gasteiger partial charge >= 0.3 is 5.97 Å². The maximum atomic E-state index is 11.2. The molecule has 17 heavy (non-hydrogen) atoms. The van der Waals surface area contributed by atoms with Crippen LogP contribution in [0.2, 0.25) is 0 Å². The number of hydrogen-bond acceptors (Lipinski definition) is 5. The molecule has 0 aliphatic rings. The van der Waals surface area contributed by atoms with Crippen LogP contribution in [0.25, 0.3) is 0 Å². The number of nitrogens with two attached hydrogens (primary N) is 1. The van der Waals surface area contributed by atoms with Crippen molar-refractivity contribution in [2.24, 2.45) is 5.73 Å². The number of esters is 1. The number of carbonyl (C=O) groups is 1. The highest BCUT2D eigenvalue weighted by molar-refractivity contribution is 5.76. The fourth-order valence-electron chi connectivity index (χ4n) is 1.58. The molecule has 0 bridgehead atoms. The summed E-state index contributed by atoms with van der Waals surface area (Å²) in [6.07, 6.45) is 0.0929. The summed E-state index contributed by atoms with van der Waals surface area (Å²) in [5.74, 6) is -0.581. The van der Waals surface area contributed by atoms with Gasteiger partial charge in [-0.25, -0.2) is 0 Å². The molecule has 0 aliphatic carbocycles. The molecule has 1 atom stereocenters. The third kappa shape index (κ3) is 3.01. The van der Waals surface area contributed by atoms with Gasteiger partial charge < -0.3 is 10.5 Å². The van der Waals surface area contributed by atoms with Crippen LogP contribution in [-0.2, 0) is 16.0 Å². The van der Waals surface area contributed by atoms with Crippen molar-refractivity contribution in [1.82, 2.24) is 0 Å². The van der Waals surface area contributed by atoms with Crippen LogP contribution in [0.1, 0.15) is 11.1 Å². The van der Waals surface area contributed by atoms with E-state index in [1.54, 1.807) is 19.1 Å². The molecule has 0 unspecified atom stereocenters. The Labute approximate surface area is 98.5 Å². The Balaban J connectivity index is 3.05. The zero-order chi connectivity index (χ0) is 13.0. The summed E-state index contributed by atoms with van der Waals surface area (Å²) >= 11 is 0. The maximum Gasteiger partial charge on any atom is 0.322 e. The van der Waals surface area contributed by atoms with Crippen LogP contribution < -0.4 is 5.73 Å². The number of ether oxygens (including phenoxy) is 1. The van der Waals surface area contributed by atoms with Gasteiger partial charge in [-0.3, -0.25) is 14.9 Å². The monoisotopic (exact) mass is 238 g/mol. The summed E-state index contributed by atoms with van der Waals surface area (Å²) in [6, 6.07) is 3.85. The minimum Gasteiger partial charge on any atom is -0.468 e. The summed E-state index contributed by atoms with van der Waals surface area (Å²) in [6.45, 7) is 1.74. The van der Waals surface area contributed by atoms with Gasteiger partial charge in [-0.15, -0.1) is 0 Å². The molecule has 0 aliphatic heterocycles. The third-order valence-electron chi connectivity index (χ3n) is 2.51. The van der Waals surface area contributed by atoms with Crippen molar-refractivity contribution in [1.29, 1.82) is 0 Å². The van der Waals surface area contributed by atoms with E-state index in [2.05, 4.69) is 4.74 Å². The molecule has 92 valence electrons. The normalized spacial score (nSPS) is 11.9. The predicted molar refractivity (Wildman–Crippen MR) is 61.5 cm³/mol. The Morgan fingerprint density at radius 3 is 2.76 bits per heavy atom. The molecule has 6 nitrogen and oxygen atoms in total. The lowest BCUT2D eigenvalue weighted by molar-refractivity contribution is -0.385. The molecule has 0 aromatic heterocycles. The summed E-state index contributed by atoms with van der Waals surface area (Å²) in [4.78, 5) is 21.6. The van der Waals surface area contributed by atoms with Crippen molar-refractivity contribution in [3.63, 3.8) is 0 Å². The summed E-state index contributed by atoms with van der Waals surface area (Å²) in [5, 5.41) is 10.8. The van der Waals surface area contributed by atoms with Gasteiger partial charge in [-0.05, 0) is 12.5 Å². The molecule has 0 amide bonds. The number of nitro benzene ring substituents is 1. The Kier molecular flexibility index (Phi) is 4.17. The van der Waals surface area contributed by atoms with Gasteiger partial charge in [0.15, 0.2) is 0 Å². The predicted octanol–water partition coefficient (Wildman–Crippen LogP) is 0.946. The van der Waals surface area contributed by atoms with Crippen LogP contribution in [0.4, 0.5) is 5.69 Å². The van der Waals surface area contributed by atoms with Crippen molar-refractivity contribution in [3.05, 3.63) is 39.4 Å². The topological polar surface area (TPSA) is 95.5 Å². The Hall–Kier alpha value is -1.95.